The number of methoxy groups -OCH3 is 1. The SMILES string of the molecule is CCOc1cc(CN(CCO)Cc2cncn2C)c(Cl)cc1OC.O=CO. The Morgan fingerprint density at radius 1 is 1.33 bits per heavy atom. The van der Waals surface area contributed by atoms with Gasteiger partial charge in [-0.25, -0.2) is 4.98 Å². The van der Waals surface area contributed by atoms with Crippen molar-refractivity contribution >= 4 is 18.1 Å². The molecule has 0 saturated carbocycles. The first kappa shape index (κ1) is 22.8. The molecule has 2 aromatic rings. The van der Waals surface area contributed by atoms with E-state index in [1.165, 1.54) is 0 Å². The van der Waals surface area contributed by atoms with Gasteiger partial charge >= 0.3 is 0 Å². The number of carboxylic acid groups (broad SMARTS) is 1. The minimum atomic E-state index is -0.250. The number of nitrogens with zero attached hydrogens (tertiary/aromatic N) is 3. The molecule has 0 atom stereocenters. The summed E-state index contributed by atoms with van der Waals surface area (Å²) < 4.78 is 12.9. The topological polar surface area (TPSA) is 97.0 Å². The number of aliphatic hydroxyl groups excluding tert-OH is 1. The molecule has 0 aliphatic heterocycles. The predicted octanol–water partition coefficient (Wildman–Crippen LogP) is 2.18. The quantitative estimate of drug-likeness (QED) is 0.623. The second kappa shape index (κ2) is 12.2. The molecule has 27 heavy (non-hydrogen) atoms. The Kier molecular flexibility index (Phi) is 10.2. The van der Waals surface area contributed by atoms with Crippen LogP contribution in [0.25, 0.3) is 0 Å². The third kappa shape index (κ3) is 7.09. The first-order chi connectivity index (χ1) is 13.0. The van der Waals surface area contributed by atoms with Crippen LogP contribution in [0.3, 0.4) is 0 Å². The maximum absolute atomic E-state index is 9.36. The fourth-order valence-corrected chi connectivity index (χ4v) is 2.70. The van der Waals surface area contributed by atoms with Crippen LogP contribution in [0.4, 0.5) is 0 Å². The van der Waals surface area contributed by atoms with E-state index in [0.29, 0.717) is 42.8 Å². The van der Waals surface area contributed by atoms with Gasteiger partial charge in [0.25, 0.3) is 6.47 Å². The van der Waals surface area contributed by atoms with E-state index in [1.807, 2.05) is 30.8 Å². The molecule has 8 nitrogen and oxygen atoms in total. The Morgan fingerprint density at radius 3 is 2.56 bits per heavy atom. The molecule has 0 bridgehead atoms. The monoisotopic (exact) mass is 399 g/mol. The van der Waals surface area contributed by atoms with E-state index in [2.05, 4.69) is 9.88 Å². The van der Waals surface area contributed by atoms with E-state index in [0.717, 1.165) is 11.3 Å². The summed E-state index contributed by atoms with van der Waals surface area (Å²) in [5, 5.41) is 16.9. The Hall–Kier alpha value is -2.29. The molecule has 0 amide bonds. The molecule has 0 aliphatic rings. The second-order valence-corrected chi connectivity index (χ2v) is 5.97. The van der Waals surface area contributed by atoms with Gasteiger partial charge in [-0.15, -0.1) is 0 Å². The standard InChI is InChI=1S/C17H24ClN3O3.CH2O2/c1-4-24-17-7-13(15(18)8-16(17)23-3)10-21(5-6-22)11-14-9-19-12-20(14)2;2-1-3/h7-9,12,22H,4-6,10-11H2,1-3H3;1H,(H,2,3). The van der Waals surface area contributed by atoms with Gasteiger partial charge in [0.2, 0.25) is 0 Å². The van der Waals surface area contributed by atoms with E-state index in [9.17, 15) is 5.11 Å². The van der Waals surface area contributed by atoms with E-state index in [1.54, 1.807) is 19.5 Å². The molecule has 9 heteroatoms. The molecule has 1 aromatic carbocycles. The summed E-state index contributed by atoms with van der Waals surface area (Å²) in [6.07, 6.45) is 3.59. The number of aliphatic hydroxyl groups is 1. The summed E-state index contributed by atoms with van der Waals surface area (Å²) in [6.45, 7) is 4.10. The highest BCUT2D eigenvalue weighted by atomic mass is 35.5. The number of aryl methyl sites for hydroxylation is 1. The highest BCUT2D eigenvalue weighted by Gasteiger charge is 2.15. The van der Waals surface area contributed by atoms with Gasteiger partial charge in [0.05, 0.1) is 32.3 Å². The second-order valence-electron chi connectivity index (χ2n) is 5.56. The fourth-order valence-electron chi connectivity index (χ4n) is 2.49. The maximum Gasteiger partial charge on any atom is 0.290 e. The van der Waals surface area contributed by atoms with Gasteiger partial charge in [-0.1, -0.05) is 11.6 Å². The van der Waals surface area contributed by atoms with Crippen LogP contribution in [0.2, 0.25) is 5.02 Å². The third-order valence-corrected chi connectivity index (χ3v) is 4.10. The van der Waals surface area contributed by atoms with Crippen LogP contribution in [0, 0.1) is 0 Å². The lowest BCUT2D eigenvalue weighted by molar-refractivity contribution is -0.122. The molecule has 0 unspecified atom stereocenters. The van der Waals surface area contributed by atoms with E-state index in [4.69, 9.17) is 31.0 Å². The average molecular weight is 400 g/mol. The summed E-state index contributed by atoms with van der Waals surface area (Å²) in [4.78, 5) is 14.6. The first-order valence-corrected chi connectivity index (χ1v) is 8.73. The number of carbonyl (C=O) groups is 1. The van der Waals surface area contributed by atoms with Crippen molar-refractivity contribution in [2.24, 2.45) is 7.05 Å². The molecular formula is C18H26ClN3O5. The average Bonchev–Trinajstić information content (AvgIpc) is 3.03. The molecule has 0 aliphatic carbocycles. The van der Waals surface area contributed by atoms with Gasteiger partial charge in [-0.2, -0.15) is 0 Å². The summed E-state index contributed by atoms with van der Waals surface area (Å²) in [5.41, 5.74) is 2.00. The molecule has 1 heterocycles. The Bertz CT molecular complexity index is 708. The summed E-state index contributed by atoms with van der Waals surface area (Å²) in [5.74, 6) is 1.29. The molecule has 0 radical (unpaired) electrons. The van der Waals surface area contributed by atoms with Gasteiger partial charge in [0, 0.05) is 44.0 Å². The van der Waals surface area contributed by atoms with Gasteiger partial charge in [-0.3, -0.25) is 9.69 Å². The van der Waals surface area contributed by atoms with Crippen molar-refractivity contribution in [1.29, 1.82) is 0 Å². The van der Waals surface area contributed by atoms with Gasteiger partial charge in [0.15, 0.2) is 11.5 Å². The smallest absolute Gasteiger partial charge is 0.290 e. The molecular weight excluding hydrogens is 374 g/mol. The number of ether oxygens (including phenoxy) is 2. The number of imidazole rings is 1. The summed E-state index contributed by atoms with van der Waals surface area (Å²) in [7, 11) is 3.54. The molecule has 150 valence electrons. The minimum absolute atomic E-state index is 0.0734. The van der Waals surface area contributed by atoms with Crippen LogP contribution in [-0.2, 0) is 24.9 Å². The lowest BCUT2D eigenvalue weighted by atomic mass is 10.1. The minimum Gasteiger partial charge on any atom is -0.493 e. The number of hydrogen-bond donors (Lipinski definition) is 2. The van der Waals surface area contributed by atoms with E-state index < -0.39 is 0 Å². The highest BCUT2D eigenvalue weighted by molar-refractivity contribution is 6.31. The maximum atomic E-state index is 9.36. The molecule has 2 rings (SSSR count). The molecule has 1 aromatic heterocycles. The van der Waals surface area contributed by atoms with Crippen LogP contribution in [0.5, 0.6) is 11.5 Å². The van der Waals surface area contributed by atoms with E-state index in [-0.39, 0.29) is 13.1 Å². The molecule has 0 spiro atoms. The van der Waals surface area contributed by atoms with Crippen molar-refractivity contribution in [3.63, 3.8) is 0 Å². The van der Waals surface area contributed by atoms with E-state index >= 15 is 0 Å². The summed E-state index contributed by atoms with van der Waals surface area (Å²) >= 11 is 6.40. The molecule has 0 fully saturated rings. The first-order valence-electron chi connectivity index (χ1n) is 8.36. The van der Waals surface area contributed by atoms with Crippen molar-refractivity contribution in [2.75, 3.05) is 26.9 Å². The Balaban J connectivity index is 0.00000114. The zero-order valence-corrected chi connectivity index (χ0v) is 16.5. The van der Waals surface area contributed by atoms with Crippen molar-refractivity contribution in [3.8, 4) is 11.5 Å². The van der Waals surface area contributed by atoms with Crippen LogP contribution >= 0.6 is 11.6 Å². The number of benzene rings is 1. The number of halogens is 1. The van der Waals surface area contributed by atoms with Crippen LogP contribution in [0.15, 0.2) is 24.7 Å². The normalized spacial score (nSPS) is 10.3. The van der Waals surface area contributed by atoms with Crippen molar-refractivity contribution in [2.45, 2.75) is 20.0 Å². The van der Waals surface area contributed by atoms with Crippen molar-refractivity contribution in [3.05, 3.63) is 40.9 Å². The molecule has 0 saturated heterocycles. The third-order valence-electron chi connectivity index (χ3n) is 3.74. The fraction of sp³-hybridized carbons (Fsp3) is 0.444. The number of rotatable bonds is 9. The molecule has 2 N–H and O–H groups in total. The summed E-state index contributed by atoms with van der Waals surface area (Å²) in [6, 6.07) is 3.67. The van der Waals surface area contributed by atoms with Crippen LogP contribution in [-0.4, -0.2) is 58.0 Å². The zero-order valence-electron chi connectivity index (χ0n) is 15.8. The van der Waals surface area contributed by atoms with Gasteiger partial charge in [-0.05, 0) is 18.6 Å². The van der Waals surface area contributed by atoms with Crippen molar-refractivity contribution in [1.82, 2.24) is 14.5 Å². The van der Waals surface area contributed by atoms with Crippen LogP contribution in [0.1, 0.15) is 18.2 Å². The number of hydrogen-bond acceptors (Lipinski definition) is 6. The largest absolute Gasteiger partial charge is 0.493 e. The van der Waals surface area contributed by atoms with Gasteiger partial charge < -0.3 is 24.3 Å². The lowest BCUT2D eigenvalue weighted by Gasteiger charge is -2.23. The predicted molar refractivity (Wildman–Crippen MR) is 102 cm³/mol. The lowest BCUT2D eigenvalue weighted by Crippen LogP contribution is -2.27. The van der Waals surface area contributed by atoms with Crippen LogP contribution < -0.4 is 9.47 Å². The zero-order chi connectivity index (χ0) is 20.2. The van der Waals surface area contributed by atoms with Gasteiger partial charge in [0.1, 0.15) is 0 Å². The van der Waals surface area contributed by atoms with Crippen molar-refractivity contribution < 1.29 is 24.5 Å². The Morgan fingerprint density at radius 2 is 2.04 bits per heavy atom. The highest BCUT2D eigenvalue weighted by Crippen LogP contribution is 2.34. The number of aromatic nitrogens is 2. The Labute approximate surface area is 163 Å².